The van der Waals surface area contributed by atoms with E-state index in [1.54, 1.807) is 7.11 Å². The average molecular weight is 339 g/mol. The molecule has 7 nitrogen and oxygen atoms in total. The molecule has 0 radical (unpaired) electrons. The molecule has 0 unspecified atom stereocenters. The molecular weight excluding hydrogens is 310 g/mol. The number of nitrogens with two attached hydrogens (primary N) is 1. The van der Waals surface area contributed by atoms with Gasteiger partial charge in [0.05, 0.1) is 18.8 Å². The second-order valence-corrected chi connectivity index (χ2v) is 7.54. The van der Waals surface area contributed by atoms with Crippen LogP contribution in [0.5, 0.6) is 0 Å². The van der Waals surface area contributed by atoms with Crippen LogP contribution < -0.4 is 5.73 Å². The lowest BCUT2D eigenvalue weighted by atomic mass is 9.58. The maximum absolute atomic E-state index is 12.5. The first-order chi connectivity index (χ1) is 11.5. The molecule has 24 heavy (non-hydrogen) atoms. The van der Waals surface area contributed by atoms with Crippen LogP contribution in [-0.4, -0.2) is 78.8 Å². The summed E-state index contributed by atoms with van der Waals surface area (Å²) in [6.07, 6.45) is 3.63. The molecule has 3 rings (SSSR count). The van der Waals surface area contributed by atoms with Crippen LogP contribution >= 0.6 is 0 Å². The molecule has 0 bridgehead atoms. The lowest BCUT2D eigenvalue weighted by Gasteiger charge is -2.56. The second kappa shape index (κ2) is 6.98. The number of piperidine rings is 2. The fraction of sp³-hybridized carbons (Fsp3) is 0.882. The van der Waals surface area contributed by atoms with Gasteiger partial charge in [0.2, 0.25) is 11.8 Å². The van der Waals surface area contributed by atoms with E-state index in [0.717, 1.165) is 38.8 Å². The molecule has 0 aromatic carbocycles. The first-order valence-electron chi connectivity index (χ1n) is 8.96. The van der Waals surface area contributed by atoms with E-state index in [0.29, 0.717) is 26.1 Å². The number of likely N-dealkylation sites (tertiary alicyclic amines) is 2. The van der Waals surface area contributed by atoms with Gasteiger partial charge in [-0.3, -0.25) is 14.5 Å². The molecule has 2 heterocycles. The topological polar surface area (TPSA) is 96.1 Å². The lowest BCUT2D eigenvalue weighted by Crippen LogP contribution is -2.62. The van der Waals surface area contributed by atoms with E-state index >= 15 is 0 Å². The molecule has 136 valence electrons. The minimum Gasteiger partial charge on any atom is -0.392 e. The highest BCUT2D eigenvalue weighted by Crippen LogP contribution is 2.50. The SMILES string of the molecule is CO[C@@H]1C[C@H](O)C12CCN(C(=O)CN1CCC(C(N)=O)CC1)CC2. The van der Waals surface area contributed by atoms with Crippen molar-refractivity contribution in [2.45, 2.75) is 44.3 Å². The highest BCUT2D eigenvalue weighted by molar-refractivity contribution is 5.79. The number of hydrogen-bond acceptors (Lipinski definition) is 5. The number of amides is 2. The van der Waals surface area contributed by atoms with Crippen LogP contribution in [0.2, 0.25) is 0 Å². The number of carbonyl (C=O) groups excluding carboxylic acids is 2. The van der Waals surface area contributed by atoms with Crippen molar-refractivity contribution in [1.82, 2.24) is 9.80 Å². The largest absolute Gasteiger partial charge is 0.392 e. The normalized spacial score (nSPS) is 31.0. The molecule has 1 saturated carbocycles. The summed E-state index contributed by atoms with van der Waals surface area (Å²) >= 11 is 0. The zero-order chi connectivity index (χ0) is 17.3. The maximum Gasteiger partial charge on any atom is 0.236 e. The standard InChI is InChI=1S/C17H29N3O4/c1-24-14-10-13(21)17(14)4-8-20(9-5-17)15(22)11-19-6-2-12(3-7-19)16(18)23/h12-14,21H,2-11H2,1H3,(H2,18,23)/t13-,14+/m0/s1. The second-order valence-electron chi connectivity index (χ2n) is 7.54. The summed E-state index contributed by atoms with van der Waals surface area (Å²) in [5.74, 6) is -0.128. The number of rotatable bonds is 4. The number of primary amides is 1. The van der Waals surface area contributed by atoms with Gasteiger partial charge in [-0.2, -0.15) is 0 Å². The minimum atomic E-state index is -0.299. The van der Waals surface area contributed by atoms with Gasteiger partial charge in [-0.05, 0) is 38.8 Å². The third kappa shape index (κ3) is 3.17. The van der Waals surface area contributed by atoms with Crippen LogP contribution in [0, 0.1) is 11.3 Å². The van der Waals surface area contributed by atoms with Gasteiger partial charge in [0.15, 0.2) is 0 Å². The Balaban J connectivity index is 1.45. The summed E-state index contributed by atoms with van der Waals surface area (Å²) in [7, 11) is 1.70. The highest BCUT2D eigenvalue weighted by Gasteiger charge is 2.56. The number of carbonyl (C=O) groups is 2. The van der Waals surface area contributed by atoms with Crippen LogP contribution in [-0.2, 0) is 14.3 Å². The van der Waals surface area contributed by atoms with Crippen molar-refractivity contribution in [3.05, 3.63) is 0 Å². The van der Waals surface area contributed by atoms with Gasteiger partial charge >= 0.3 is 0 Å². The molecule has 2 aliphatic heterocycles. The number of methoxy groups -OCH3 is 1. The third-order valence-electron chi connectivity index (χ3n) is 6.42. The van der Waals surface area contributed by atoms with Crippen LogP contribution in [0.4, 0.5) is 0 Å². The lowest BCUT2D eigenvalue weighted by molar-refractivity contribution is -0.202. The Bertz CT molecular complexity index is 482. The van der Waals surface area contributed by atoms with Gasteiger partial charge in [0.25, 0.3) is 0 Å². The number of aliphatic hydroxyl groups is 1. The van der Waals surface area contributed by atoms with E-state index in [9.17, 15) is 14.7 Å². The van der Waals surface area contributed by atoms with E-state index in [2.05, 4.69) is 4.90 Å². The van der Waals surface area contributed by atoms with Crippen molar-refractivity contribution in [3.8, 4) is 0 Å². The van der Waals surface area contributed by atoms with E-state index < -0.39 is 0 Å². The van der Waals surface area contributed by atoms with Crippen molar-refractivity contribution < 1.29 is 19.4 Å². The smallest absolute Gasteiger partial charge is 0.236 e. The van der Waals surface area contributed by atoms with Crippen LogP contribution in [0.3, 0.4) is 0 Å². The maximum atomic E-state index is 12.5. The monoisotopic (exact) mass is 339 g/mol. The van der Waals surface area contributed by atoms with Gasteiger partial charge in [0, 0.05) is 38.0 Å². The molecule has 7 heteroatoms. The van der Waals surface area contributed by atoms with Gasteiger partial charge in [0.1, 0.15) is 0 Å². The molecule has 3 N–H and O–H groups in total. The van der Waals surface area contributed by atoms with Crippen LogP contribution in [0.15, 0.2) is 0 Å². The van der Waals surface area contributed by atoms with Gasteiger partial charge in [-0.15, -0.1) is 0 Å². The Hall–Kier alpha value is -1.18. The van der Waals surface area contributed by atoms with Gasteiger partial charge in [-0.1, -0.05) is 0 Å². The summed E-state index contributed by atoms with van der Waals surface area (Å²) in [6.45, 7) is 3.29. The van der Waals surface area contributed by atoms with Gasteiger partial charge < -0.3 is 20.5 Å². The summed E-state index contributed by atoms with van der Waals surface area (Å²) in [6, 6.07) is 0. The van der Waals surface area contributed by atoms with Gasteiger partial charge in [-0.25, -0.2) is 0 Å². The zero-order valence-corrected chi connectivity index (χ0v) is 14.4. The molecular formula is C17H29N3O4. The van der Waals surface area contributed by atoms with E-state index in [1.165, 1.54) is 0 Å². The Morgan fingerprint density at radius 2 is 1.83 bits per heavy atom. The molecule has 0 aromatic rings. The fourth-order valence-corrected chi connectivity index (χ4v) is 4.55. The molecule has 1 spiro atoms. The molecule has 2 saturated heterocycles. The average Bonchev–Trinajstić information content (AvgIpc) is 2.60. The molecule has 0 aromatic heterocycles. The Kier molecular flexibility index (Phi) is 5.13. The minimum absolute atomic E-state index is 0.0442. The summed E-state index contributed by atoms with van der Waals surface area (Å²) in [5, 5.41) is 10.2. The Morgan fingerprint density at radius 3 is 2.33 bits per heavy atom. The third-order valence-corrected chi connectivity index (χ3v) is 6.42. The van der Waals surface area contributed by atoms with Crippen molar-refractivity contribution in [2.75, 3.05) is 39.8 Å². The predicted octanol–water partition coefficient (Wildman–Crippen LogP) is -0.428. The molecule has 3 fully saturated rings. The zero-order valence-electron chi connectivity index (χ0n) is 14.4. The van der Waals surface area contributed by atoms with Crippen molar-refractivity contribution >= 4 is 11.8 Å². The quantitative estimate of drug-likeness (QED) is 0.725. The first kappa shape index (κ1) is 17.6. The van der Waals surface area contributed by atoms with E-state index in [1.807, 2.05) is 4.90 Å². The number of ether oxygens (including phenoxy) is 1. The number of hydrogen-bond donors (Lipinski definition) is 2. The first-order valence-corrected chi connectivity index (χ1v) is 8.96. The Morgan fingerprint density at radius 1 is 1.21 bits per heavy atom. The molecule has 2 atom stereocenters. The van der Waals surface area contributed by atoms with Crippen molar-refractivity contribution in [2.24, 2.45) is 17.1 Å². The predicted molar refractivity (Wildman–Crippen MR) is 88.0 cm³/mol. The number of nitrogens with zero attached hydrogens (tertiary/aromatic N) is 2. The highest BCUT2D eigenvalue weighted by atomic mass is 16.5. The van der Waals surface area contributed by atoms with E-state index in [4.69, 9.17) is 10.5 Å². The summed E-state index contributed by atoms with van der Waals surface area (Å²) in [5.41, 5.74) is 5.20. The van der Waals surface area contributed by atoms with Crippen LogP contribution in [0.25, 0.3) is 0 Å². The molecule has 2 amide bonds. The van der Waals surface area contributed by atoms with Crippen molar-refractivity contribution in [3.63, 3.8) is 0 Å². The van der Waals surface area contributed by atoms with Crippen molar-refractivity contribution in [1.29, 1.82) is 0 Å². The fourth-order valence-electron chi connectivity index (χ4n) is 4.55. The molecule has 1 aliphatic carbocycles. The summed E-state index contributed by atoms with van der Waals surface area (Å²) < 4.78 is 5.49. The summed E-state index contributed by atoms with van der Waals surface area (Å²) in [4.78, 5) is 27.8. The Labute approximate surface area is 143 Å². The van der Waals surface area contributed by atoms with E-state index in [-0.39, 0.29) is 35.4 Å². The van der Waals surface area contributed by atoms with Crippen LogP contribution in [0.1, 0.15) is 32.1 Å². The number of aliphatic hydroxyl groups excluding tert-OH is 1. The molecule has 3 aliphatic rings.